The van der Waals surface area contributed by atoms with Gasteiger partial charge in [0.15, 0.2) is 41.1 Å². The van der Waals surface area contributed by atoms with E-state index in [9.17, 15) is 13.2 Å². The fourth-order valence-electron chi connectivity index (χ4n) is 4.24. The zero-order chi connectivity index (χ0) is 27.4. The van der Waals surface area contributed by atoms with Crippen LogP contribution in [-0.2, 0) is 9.47 Å². The van der Waals surface area contributed by atoms with Crippen LogP contribution in [0.15, 0.2) is 48.6 Å². The van der Waals surface area contributed by atoms with Gasteiger partial charge < -0.3 is 14.2 Å². The molecule has 0 radical (unpaired) electrons. The third kappa shape index (κ3) is 5.44. The molecule has 1 fully saturated rings. The normalized spacial score (nSPS) is 17.8. The molecule has 4 rings (SSSR count). The predicted octanol–water partition coefficient (Wildman–Crippen LogP) is 8.07. The number of ether oxygens (including phenoxy) is 3. The lowest BCUT2D eigenvalue weighted by Crippen LogP contribution is -2.30. The number of allylic oxidation sites excluding steroid dienone is 1. The predicted molar refractivity (Wildman–Crippen MR) is 131 cm³/mol. The molecule has 38 heavy (non-hydrogen) atoms. The molecule has 0 spiro atoms. The first kappa shape index (κ1) is 27.7. The van der Waals surface area contributed by atoms with E-state index in [0.717, 1.165) is 43.2 Å². The summed E-state index contributed by atoms with van der Waals surface area (Å²) < 4.78 is 105. The Labute approximate surface area is 216 Å². The maximum atomic E-state index is 15.1. The number of halogens is 6. The molecule has 0 bridgehead atoms. The van der Waals surface area contributed by atoms with Gasteiger partial charge in [-0.15, -0.1) is 0 Å². The van der Waals surface area contributed by atoms with Crippen molar-refractivity contribution >= 4 is 0 Å². The molecule has 9 heteroatoms. The molecule has 1 saturated heterocycles. The zero-order valence-corrected chi connectivity index (χ0v) is 20.8. The lowest BCUT2D eigenvalue weighted by molar-refractivity contribution is -0.159. The monoisotopic (exact) mass is 536 g/mol. The summed E-state index contributed by atoms with van der Waals surface area (Å²) in [5.41, 5.74) is -2.24. The van der Waals surface area contributed by atoms with E-state index in [1.165, 1.54) is 6.07 Å². The zero-order valence-electron chi connectivity index (χ0n) is 20.8. The van der Waals surface area contributed by atoms with Gasteiger partial charge in [0.1, 0.15) is 0 Å². The molecule has 3 aromatic rings. The van der Waals surface area contributed by atoms with Gasteiger partial charge in [-0.3, -0.25) is 0 Å². The van der Waals surface area contributed by atoms with Gasteiger partial charge in [0.05, 0.1) is 19.8 Å². The molecule has 0 unspecified atom stereocenters. The summed E-state index contributed by atoms with van der Waals surface area (Å²) in [6.45, 7) is 3.84. The second-order valence-electron chi connectivity index (χ2n) is 8.74. The van der Waals surface area contributed by atoms with Gasteiger partial charge in [-0.1, -0.05) is 43.7 Å². The van der Waals surface area contributed by atoms with E-state index < -0.39 is 69.4 Å². The third-order valence-electron chi connectivity index (χ3n) is 6.23. The number of hydrogen-bond donors (Lipinski definition) is 0. The molecule has 202 valence electrons. The minimum atomic E-state index is -1.54. The van der Waals surface area contributed by atoms with Crippen molar-refractivity contribution in [2.45, 2.75) is 38.9 Å². The Morgan fingerprint density at radius 3 is 1.76 bits per heavy atom. The lowest BCUT2D eigenvalue weighted by Gasteiger charge is -2.28. The molecule has 3 aromatic carbocycles. The average molecular weight is 537 g/mol. The van der Waals surface area contributed by atoms with Crippen LogP contribution in [0.5, 0.6) is 5.75 Å². The fraction of sp³-hybridized carbons (Fsp3) is 0.310. The van der Waals surface area contributed by atoms with Crippen LogP contribution >= 0.6 is 0 Å². The van der Waals surface area contributed by atoms with Gasteiger partial charge in [-0.2, -0.15) is 4.39 Å². The van der Waals surface area contributed by atoms with Crippen molar-refractivity contribution in [2.24, 2.45) is 0 Å². The summed E-state index contributed by atoms with van der Waals surface area (Å²) in [7, 11) is 0. The molecule has 0 aromatic heterocycles. The summed E-state index contributed by atoms with van der Waals surface area (Å²) >= 11 is 0. The Hall–Kier alpha value is -3.30. The van der Waals surface area contributed by atoms with Crippen molar-refractivity contribution in [3.8, 4) is 28.0 Å². The highest BCUT2D eigenvalue weighted by molar-refractivity contribution is 5.73. The van der Waals surface area contributed by atoms with Crippen LogP contribution in [0.3, 0.4) is 0 Å². The van der Waals surface area contributed by atoms with E-state index in [1.807, 2.05) is 13.0 Å². The van der Waals surface area contributed by atoms with Crippen LogP contribution in [-0.4, -0.2) is 26.1 Å². The first-order valence-corrected chi connectivity index (χ1v) is 12.3. The maximum Gasteiger partial charge on any atom is 0.201 e. The summed E-state index contributed by atoms with van der Waals surface area (Å²) in [6.07, 6.45) is 4.92. The summed E-state index contributed by atoms with van der Waals surface area (Å²) in [5, 5.41) is 0. The van der Waals surface area contributed by atoms with E-state index in [-0.39, 0.29) is 31.1 Å². The van der Waals surface area contributed by atoms with E-state index in [2.05, 4.69) is 0 Å². The molecule has 0 atom stereocenters. The molecule has 3 nitrogen and oxygen atoms in total. The minimum absolute atomic E-state index is 0.0216. The third-order valence-corrected chi connectivity index (χ3v) is 6.23. The van der Waals surface area contributed by atoms with Crippen molar-refractivity contribution in [3.05, 3.63) is 89.0 Å². The minimum Gasteiger partial charge on any atom is -0.491 e. The Morgan fingerprint density at radius 1 is 0.711 bits per heavy atom. The van der Waals surface area contributed by atoms with Gasteiger partial charge in [0.25, 0.3) is 0 Å². The second kappa shape index (κ2) is 12.0. The Balaban J connectivity index is 1.61. The van der Waals surface area contributed by atoms with Crippen LogP contribution < -0.4 is 4.74 Å². The maximum absolute atomic E-state index is 15.1. The molecule has 0 saturated carbocycles. The van der Waals surface area contributed by atoms with E-state index in [4.69, 9.17) is 14.2 Å². The van der Waals surface area contributed by atoms with Crippen LogP contribution in [0, 0.1) is 34.9 Å². The highest BCUT2D eigenvalue weighted by Crippen LogP contribution is 2.37. The first-order valence-electron chi connectivity index (χ1n) is 12.3. The molecule has 0 amide bonds. The van der Waals surface area contributed by atoms with Crippen LogP contribution in [0.2, 0.25) is 0 Å². The van der Waals surface area contributed by atoms with Gasteiger partial charge in [0, 0.05) is 28.2 Å². The smallest absolute Gasteiger partial charge is 0.201 e. The quantitative estimate of drug-likeness (QED) is 0.215. The van der Waals surface area contributed by atoms with Gasteiger partial charge in [-0.25, -0.2) is 22.0 Å². The molecular formula is C29H26F6O3. The number of rotatable bonds is 8. The highest BCUT2D eigenvalue weighted by atomic mass is 19.2. The topological polar surface area (TPSA) is 27.7 Å². The van der Waals surface area contributed by atoms with Crippen molar-refractivity contribution < 1.29 is 40.6 Å². The second-order valence-corrected chi connectivity index (χ2v) is 8.74. The standard InChI is InChI=1S/C29H26F6O3/c1-3-5-6-7-23-37-14-16(15-38-23)17-8-9-18(25(31)24(17)30)19-10-11-20(27(33)26(19)32)21-12-13-22(36-4-2)29(35)28(21)34/h6-13,16,23H,3-5,14-15H2,1-2H3/b7-6+. The molecular weight excluding hydrogens is 510 g/mol. The van der Waals surface area contributed by atoms with E-state index >= 15 is 13.2 Å². The number of benzene rings is 3. The van der Waals surface area contributed by atoms with Crippen LogP contribution in [0.1, 0.15) is 38.2 Å². The number of hydrogen-bond acceptors (Lipinski definition) is 3. The van der Waals surface area contributed by atoms with Crippen molar-refractivity contribution in [3.63, 3.8) is 0 Å². The van der Waals surface area contributed by atoms with E-state index in [1.54, 1.807) is 13.0 Å². The van der Waals surface area contributed by atoms with Gasteiger partial charge in [-0.05, 0) is 37.1 Å². The molecule has 1 aliphatic heterocycles. The van der Waals surface area contributed by atoms with Crippen molar-refractivity contribution in [1.82, 2.24) is 0 Å². The molecule has 1 heterocycles. The van der Waals surface area contributed by atoms with Crippen molar-refractivity contribution in [1.29, 1.82) is 0 Å². The van der Waals surface area contributed by atoms with Crippen molar-refractivity contribution in [2.75, 3.05) is 19.8 Å². The molecule has 1 aliphatic rings. The summed E-state index contributed by atoms with van der Waals surface area (Å²) in [4.78, 5) is 0. The van der Waals surface area contributed by atoms with E-state index in [0.29, 0.717) is 0 Å². The molecule has 0 aliphatic carbocycles. The fourth-order valence-corrected chi connectivity index (χ4v) is 4.24. The summed E-state index contributed by atoms with van der Waals surface area (Å²) in [5.74, 6) is -9.44. The Kier molecular flexibility index (Phi) is 8.79. The van der Waals surface area contributed by atoms with Gasteiger partial charge in [0.2, 0.25) is 5.82 Å². The van der Waals surface area contributed by atoms with Crippen LogP contribution in [0.4, 0.5) is 26.3 Å². The largest absolute Gasteiger partial charge is 0.491 e. The Bertz CT molecular complexity index is 1330. The summed E-state index contributed by atoms with van der Waals surface area (Å²) in [6, 6.07) is 6.51. The molecule has 0 N–H and O–H groups in total. The SMILES string of the molecule is CCC/C=C/C1OCC(c2ccc(-c3ccc(-c4ccc(OCC)c(F)c4F)c(F)c3F)c(F)c2F)CO1. The average Bonchev–Trinajstić information content (AvgIpc) is 2.91. The van der Waals surface area contributed by atoms with Crippen LogP contribution in [0.25, 0.3) is 22.3 Å². The Morgan fingerprint density at radius 2 is 1.21 bits per heavy atom. The first-order chi connectivity index (χ1) is 18.3. The highest BCUT2D eigenvalue weighted by Gasteiger charge is 2.28. The van der Waals surface area contributed by atoms with Gasteiger partial charge >= 0.3 is 0 Å². The number of unbranched alkanes of at least 4 members (excludes halogenated alkanes) is 1. The lowest BCUT2D eigenvalue weighted by atomic mass is 9.94.